The first-order valence-electron chi connectivity index (χ1n) is 7.73. The average Bonchev–Trinajstić information content (AvgIpc) is 3.26. The molecule has 1 aliphatic carbocycles. The molecule has 0 spiro atoms. The maximum Gasteiger partial charge on any atom is 0.0593 e. The number of thiophene rings is 1. The van der Waals surface area contributed by atoms with E-state index in [4.69, 9.17) is 10.5 Å². The molecule has 0 bridgehead atoms. The first-order chi connectivity index (χ1) is 10.3. The van der Waals surface area contributed by atoms with Gasteiger partial charge in [-0.25, -0.2) is 0 Å². The second-order valence-electron chi connectivity index (χ2n) is 5.96. The standard InChI is InChI=1S/C17H24N2OS/c1-19(8-9-20-12-13-6-7-13)11-15-14-4-2-3-5-16(14)21-17(15)10-18/h2-5,13H,6-12,18H2,1H3. The molecule has 1 heterocycles. The zero-order valence-electron chi connectivity index (χ0n) is 12.7. The number of nitrogens with zero attached hydrogens (tertiary/aromatic N) is 1. The van der Waals surface area contributed by atoms with Gasteiger partial charge in [0.25, 0.3) is 0 Å². The van der Waals surface area contributed by atoms with E-state index in [1.807, 2.05) is 11.3 Å². The van der Waals surface area contributed by atoms with E-state index in [9.17, 15) is 0 Å². The lowest BCUT2D eigenvalue weighted by Crippen LogP contribution is -2.23. The summed E-state index contributed by atoms with van der Waals surface area (Å²) in [5.74, 6) is 0.847. The molecular formula is C17H24N2OS. The summed E-state index contributed by atoms with van der Waals surface area (Å²) in [7, 11) is 2.16. The molecular weight excluding hydrogens is 280 g/mol. The van der Waals surface area contributed by atoms with Gasteiger partial charge in [-0.2, -0.15) is 0 Å². The second-order valence-corrected chi connectivity index (χ2v) is 7.10. The van der Waals surface area contributed by atoms with Crippen molar-refractivity contribution in [2.45, 2.75) is 25.9 Å². The predicted octanol–water partition coefficient (Wildman–Crippen LogP) is 3.22. The van der Waals surface area contributed by atoms with Crippen molar-refractivity contribution in [3.8, 4) is 0 Å². The summed E-state index contributed by atoms with van der Waals surface area (Å²) in [4.78, 5) is 3.64. The second kappa shape index (κ2) is 6.88. The molecule has 0 atom stereocenters. The largest absolute Gasteiger partial charge is 0.380 e. The SMILES string of the molecule is CN(CCOCC1CC1)Cc1c(CN)sc2ccccc12. The highest BCUT2D eigenvalue weighted by Gasteiger charge is 2.21. The molecule has 0 amide bonds. The average molecular weight is 304 g/mol. The Kier molecular flexibility index (Phi) is 4.91. The molecule has 3 nitrogen and oxygen atoms in total. The molecule has 0 unspecified atom stereocenters. The van der Waals surface area contributed by atoms with Crippen LogP contribution in [0.4, 0.5) is 0 Å². The van der Waals surface area contributed by atoms with Crippen molar-refractivity contribution in [2.24, 2.45) is 11.7 Å². The molecule has 3 rings (SSSR count). The lowest BCUT2D eigenvalue weighted by Gasteiger charge is -2.17. The van der Waals surface area contributed by atoms with Crippen LogP contribution in [0.3, 0.4) is 0 Å². The van der Waals surface area contributed by atoms with Gasteiger partial charge in [0.05, 0.1) is 6.61 Å². The van der Waals surface area contributed by atoms with E-state index in [2.05, 4.69) is 36.2 Å². The minimum absolute atomic E-state index is 0.626. The zero-order valence-corrected chi connectivity index (χ0v) is 13.5. The fourth-order valence-corrected chi connectivity index (χ4v) is 3.69. The number of hydrogen-bond donors (Lipinski definition) is 1. The van der Waals surface area contributed by atoms with Crippen molar-refractivity contribution in [3.63, 3.8) is 0 Å². The Morgan fingerprint density at radius 2 is 2.14 bits per heavy atom. The monoisotopic (exact) mass is 304 g/mol. The van der Waals surface area contributed by atoms with Gasteiger partial charge in [0, 0.05) is 35.8 Å². The van der Waals surface area contributed by atoms with Gasteiger partial charge in [-0.15, -0.1) is 11.3 Å². The van der Waals surface area contributed by atoms with Crippen LogP contribution in [0.1, 0.15) is 23.3 Å². The fourth-order valence-electron chi connectivity index (χ4n) is 2.59. The van der Waals surface area contributed by atoms with Gasteiger partial charge in [-0.1, -0.05) is 18.2 Å². The topological polar surface area (TPSA) is 38.5 Å². The van der Waals surface area contributed by atoms with Crippen molar-refractivity contribution in [1.29, 1.82) is 0 Å². The Hall–Kier alpha value is -0.940. The maximum absolute atomic E-state index is 5.92. The molecule has 1 fully saturated rings. The molecule has 1 aromatic carbocycles. The maximum atomic E-state index is 5.92. The molecule has 114 valence electrons. The van der Waals surface area contributed by atoms with E-state index in [0.29, 0.717) is 6.54 Å². The molecule has 4 heteroatoms. The van der Waals surface area contributed by atoms with Gasteiger partial charge in [0.1, 0.15) is 0 Å². The van der Waals surface area contributed by atoms with Gasteiger partial charge in [-0.05, 0) is 42.8 Å². The van der Waals surface area contributed by atoms with Crippen molar-refractivity contribution >= 4 is 21.4 Å². The number of nitrogens with two attached hydrogens (primary N) is 1. The Morgan fingerprint density at radius 1 is 1.33 bits per heavy atom. The third kappa shape index (κ3) is 3.83. The Morgan fingerprint density at radius 3 is 2.90 bits per heavy atom. The molecule has 0 aliphatic heterocycles. The molecule has 0 radical (unpaired) electrons. The van der Waals surface area contributed by atoms with E-state index in [-0.39, 0.29) is 0 Å². The lowest BCUT2D eigenvalue weighted by molar-refractivity contribution is 0.102. The minimum Gasteiger partial charge on any atom is -0.380 e. The van der Waals surface area contributed by atoms with Crippen molar-refractivity contribution in [3.05, 3.63) is 34.7 Å². The van der Waals surface area contributed by atoms with Crippen LogP contribution >= 0.6 is 11.3 Å². The zero-order chi connectivity index (χ0) is 14.7. The van der Waals surface area contributed by atoms with E-state index < -0.39 is 0 Å². The van der Waals surface area contributed by atoms with E-state index in [1.165, 1.54) is 33.4 Å². The van der Waals surface area contributed by atoms with E-state index in [1.54, 1.807) is 0 Å². The molecule has 21 heavy (non-hydrogen) atoms. The third-order valence-corrected chi connectivity index (χ3v) is 5.30. The summed E-state index contributed by atoms with van der Waals surface area (Å²) in [6.07, 6.45) is 2.72. The molecule has 1 aromatic heterocycles. The van der Waals surface area contributed by atoms with Crippen molar-refractivity contribution < 1.29 is 4.74 Å². The van der Waals surface area contributed by atoms with Crippen molar-refractivity contribution in [2.75, 3.05) is 26.8 Å². The van der Waals surface area contributed by atoms with Gasteiger partial charge in [-0.3, -0.25) is 4.90 Å². The van der Waals surface area contributed by atoms with Crippen LogP contribution in [-0.2, 0) is 17.8 Å². The molecule has 1 saturated carbocycles. The quantitative estimate of drug-likeness (QED) is 0.761. The first-order valence-corrected chi connectivity index (χ1v) is 8.55. The summed E-state index contributed by atoms with van der Waals surface area (Å²) in [5, 5.41) is 1.36. The van der Waals surface area contributed by atoms with Crippen molar-refractivity contribution in [1.82, 2.24) is 4.90 Å². The smallest absolute Gasteiger partial charge is 0.0593 e. The summed E-state index contributed by atoms with van der Waals surface area (Å²) < 4.78 is 7.07. The van der Waals surface area contributed by atoms with Gasteiger partial charge in [0.15, 0.2) is 0 Å². The lowest BCUT2D eigenvalue weighted by atomic mass is 10.1. The van der Waals surface area contributed by atoms with Crippen LogP contribution in [0, 0.1) is 5.92 Å². The number of rotatable bonds is 8. The highest BCUT2D eigenvalue weighted by molar-refractivity contribution is 7.19. The van der Waals surface area contributed by atoms with Crippen LogP contribution in [-0.4, -0.2) is 31.7 Å². The molecule has 0 saturated heterocycles. The van der Waals surface area contributed by atoms with Gasteiger partial charge < -0.3 is 10.5 Å². The summed E-state index contributed by atoms with van der Waals surface area (Å²) >= 11 is 1.82. The fraction of sp³-hybridized carbons (Fsp3) is 0.529. The Labute approximate surface area is 130 Å². The van der Waals surface area contributed by atoms with Crippen LogP contribution < -0.4 is 5.73 Å². The van der Waals surface area contributed by atoms with Crippen LogP contribution in [0.5, 0.6) is 0 Å². The number of likely N-dealkylation sites (N-methyl/N-ethyl adjacent to an activating group) is 1. The molecule has 2 aromatic rings. The van der Waals surface area contributed by atoms with E-state index in [0.717, 1.165) is 32.2 Å². The van der Waals surface area contributed by atoms with Gasteiger partial charge >= 0.3 is 0 Å². The first kappa shape index (κ1) is 15.0. The van der Waals surface area contributed by atoms with Crippen LogP contribution in [0.25, 0.3) is 10.1 Å². The summed E-state index contributed by atoms with van der Waals surface area (Å²) in [5.41, 5.74) is 7.31. The normalized spacial score (nSPS) is 15.2. The van der Waals surface area contributed by atoms with Crippen LogP contribution in [0.15, 0.2) is 24.3 Å². The molecule has 2 N–H and O–H groups in total. The Bertz CT molecular complexity index is 591. The highest BCUT2D eigenvalue weighted by atomic mass is 32.1. The third-order valence-electron chi connectivity index (χ3n) is 4.06. The Balaban J connectivity index is 1.59. The summed E-state index contributed by atoms with van der Waals surface area (Å²) in [6.45, 7) is 4.32. The minimum atomic E-state index is 0.626. The number of hydrogen-bond acceptors (Lipinski definition) is 4. The molecule has 1 aliphatic rings. The van der Waals surface area contributed by atoms with Crippen LogP contribution in [0.2, 0.25) is 0 Å². The number of fused-ring (bicyclic) bond motifs is 1. The predicted molar refractivity (Wildman–Crippen MR) is 89.6 cm³/mol. The van der Waals surface area contributed by atoms with Gasteiger partial charge in [0.2, 0.25) is 0 Å². The highest BCUT2D eigenvalue weighted by Crippen LogP contribution is 2.32. The summed E-state index contributed by atoms with van der Waals surface area (Å²) in [6, 6.07) is 8.59. The van der Waals surface area contributed by atoms with E-state index >= 15 is 0 Å². The number of ether oxygens (including phenoxy) is 1. The number of benzene rings is 1.